The highest BCUT2D eigenvalue weighted by Crippen LogP contribution is 2.21. The first-order chi connectivity index (χ1) is 11.6. The zero-order valence-corrected chi connectivity index (χ0v) is 13.7. The maximum Gasteiger partial charge on any atom is 0.256 e. The van der Waals surface area contributed by atoms with Crippen LogP contribution in [0.5, 0.6) is 5.75 Å². The van der Waals surface area contributed by atoms with Gasteiger partial charge in [0, 0.05) is 29.6 Å². The second-order valence-electron chi connectivity index (χ2n) is 6.00. The molecule has 126 valence electrons. The Morgan fingerprint density at radius 2 is 2.21 bits per heavy atom. The molecule has 0 spiro atoms. The van der Waals surface area contributed by atoms with E-state index in [-0.39, 0.29) is 12.0 Å². The molecule has 5 nitrogen and oxygen atoms in total. The Labute approximate surface area is 141 Å². The number of anilines is 2. The Balaban J connectivity index is 1.65. The van der Waals surface area contributed by atoms with Crippen LogP contribution in [0.2, 0.25) is 0 Å². The highest BCUT2D eigenvalue weighted by Gasteiger charge is 2.16. The van der Waals surface area contributed by atoms with Crippen LogP contribution in [-0.2, 0) is 4.74 Å². The van der Waals surface area contributed by atoms with Crippen molar-refractivity contribution in [1.29, 1.82) is 0 Å². The number of nitrogens with two attached hydrogens (primary N) is 1. The summed E-state index contributed by atoms with van der Waals surface area (Å²) in [5, 5.41) is 2.89. The number of carbonyl (C=O) groups excluding carboxylic acids is 1. The normalized spacial score (nSPS) is 16.8. The smallest absolute Gasteiger partial charge is 0.256 e. The standard InChI is InChI=1S/C19H22N2O3/c1-13-7-8-14(20)10-18(13)19(22)21-15-4-2-5-16(11-15)24-12-17-6-3-9-23-17/h2,4-5,7-8,10-11,17H,3,6,9,12,20H2,1H3,(H,21,22). The molecule has 3 N–H and O–H groups in total. The second-order valence-corrected chi connectivity index (χ2v) is 6.00. The van der Waals surface area contributed by atoms with Crippen LogP contribution >= 0.6 is 0 Å². The molecule has 0 aliphatic carbocycles. The molecule has 0 bridgehead atoms. The summed E-state index contributed by atoms with van der Waals surface area (Å²) in [6.07, 6.45) is 2.28. The van der Waals surface area contributed by atoms with E-state index in [1.807, 2.05) is 37.3 Å². The molecular weight excluding hydrogens is 304 g/mol. The number of rotatable bonds is 5. The van der Waals surface area contributed by atoms with E-state index in [0.717, 1.165) is 25.0 Å². The second kappa shape index (κ2) is 7.36. The summed E-state index contributed by atoms with van der Waals surface area (Å²) >= 11 is 0. The first kappa shape index (κ1) is 16.3. The maximum absolute atomic E-state index is 12.4. The first-order valence-electron chi connectivity index (χ1n) is 8.14. The lowest BCUT2D eigenvalue weighted by Gasteiger charge is -2.13. The molecular formula is C19H22N2O3. The van der Waals surface area contributed by atoms with Crippen LogP contribution in [0, 0.1) is 6.92 Å². The molecule has 0 radical (unpaired) electrons. The summed E-state index contributed by atoms with van der Waals surface area (Å²) in [6.45, 7) is 3.23. The minimum Gasteiger partial charge on any atom is -0.491 e. The van der Waals surface area contributed by atoms with Crippen molar-refractivity contribution >= 4 is 17.3 Å². The number of nitrogens with one attached hydrogen (secondary N) is 1. The van der Waals surface area contributed by atoms with Crippen LogP contribution in [0.15, 0.2) is 42.5 Å². The zero-order chi connectivity index (χ0) is 16.9. The van der Waals surface area contributed by atoms with Gasteiger partial charge in [0.1, 0.15) is 12.4 Å². The van der Waals surface area contributed by atoms with Crippen LogP contribution in [0.25, 0.3) is 0 Å². The van der Waals surface area contributed by atoms with Gasteiger partial charge in [0.2, 0.25) is 0 Å². The molecule has 1 unspecified atom stereocenters. The predicted octanol–water partition coefficient (Wildman–Crippen LogP) is 3.39. The minimum absolute atomic E-state index is 0.165. The summed E-state index contributed by atoms with van der Waals surface area (Å²) in [4.78, 5) is 12.4. The topological polar surface area (TPSA) is 73.6 Å². The Kier molecular flexibility index (Phi) is 5.01. The van der Waals surface area contributed by atoms with Crippen LogP contribution in [0.1, 0.15) is 28.8 Å². The number of hydrogen-bond donors (Lipinski definition) is 2. The minimum atomic E-state index is -0.184. The lowest BCUT2D eigenvalue weighted by atomic mass is 10.1. The fourth-order valence-corrected chi connectivity index (χ4v) is 2.71. The van der Waals surface area contributed by atoms with E-state index in [1.165, 1.54) is 0 Å². The van der Waals surface area contributed by atoms with Crippen molar-refractivity contribution in [1.82, 2.24) is 0 Å². The fourth-order valence-electron chi connectivity index (χ4n) is 2.71. The molecule has 1 aliphatic heterocycles. The molecule has 0 saturated carbocycles. The van der Waals surface area contributed by atoms with E-state index in [4.69, 9.17) is 15.2 Å². The summed E-state index contributed by atoms with van der Waals surface area (Å²) in [6, 6.07) is 12.7. The van der Waals surface area contributed by atoms with E-state index in [1.54, 1.807) is 12.1 Å². The lowest BCUT2D eigenvalue weighted by Crippen LogP contribution is -2.16. The summed E-state index contributed by atoms with van der Waals surface area (Å²) in [7, 11) is 0. The van der Waals surface area contributed by atoms with Gasteiger partial charge < -0.3 is 20.5 Å². The predicted molar refractivity (Wildman–Crippen MR) is 94.5 cm³/mol. The van der Waals surface area contributed by atoms with Gasteiger partial charge >= 0.3 is 0 Å². The average molecular weight is 326 g/mol. The van der Waals surface area contributed by atoms with Gasteiger partial charge in [-0.2, -0.15) is 0 Å². The molecule has 1 amide bonds. The molecule has 1 saturated heterocycles. The van der Waals surface area contributed by atoms with Crippen molar-refractivity contribution in [3.8, 4) is 5.75 Å². The molecule has 0 aromatic heterocycles. The molecule has 1 aliphatic rings. The summed E-state index contributed by atoms with van der Waals surface area (Å²) in [5.74, 6) is 0.531. The van der Waals surface area contributed by atoms with Gasteiger partial charge in [0.15, 0.2) is 0 Å². The quantitative estimate of drug-likeness (QED) is 0.826. The van der Waals surface area contributed by atoms with E-state index in [9.17, 15) is 4.79 Å². The Morgan fingerprint density at radius 1 is 1.33 bits per heavy atom. The van der Waals surface area contributed by atoms with Crippen molar-refractivity contribution in [2.45, 2.75) is 25.9 Å². The van der Waals surface area contributed by atoms with Gasteiger partial charge in [-0.25, -0.2) is 0 Å². The number of carbonyl (C=O) groups is 1. The van der Waals surface area contributed by atoms with Crippen LogP contribution in [-0.4, -0.2) is 25.2 Å². The van der Waals surface area contributed by atoms with E-state index < -0.39 is 0 Å². The van der Waals surface area contributed by atoms with Crippen molar-refractivity contribution in [3.63, 3.8) is 0 Å². The monoisotopic (exact) mass is 326 g/mol. The van der Waals surface area contributed by atoms with E-state index >= 15 is 0 Å². The Bertz CT molecular complexity index is 724. The SMILES string of the molecule is Cc1ccc(N)cc1C(=O)Nc1cccc(OCC2CCCO2)c1. The third-order valence-electron chi connectivity index (χ3n) is 4.06. The highest BCUT2D eigenvalue weighted by atomic mass is 16.5. The van der Waals surface area contributed by atoms with Crippen LogP contribution < -0.4 is 15.8 Å². The zero-order valence-electron chi connectivity index (χ0n) is 13.7. The molecule has 24 heavy (non-hydrogen) atoms. The maximum atomic E-state index is 12.4. The number of ether oxygens (including phenoxy) is 2. The van der Waals surface area contributed by atoms with Crippen molar-refractivity contribution in [2.24, 2.45) is 0 Å². The molecule has 2 aromatic rings. The van der Waals surface area contributed by atoms with Gasteiger partial charge in [-0.05, 0) is 49.6 Å². The number of amides is 1. The summed E-state index contributed by atoms with van der Waals surface area (Å²) in [5.41, 5.74) is 8.48. The number of aryl methyl sites for hydroxylation is 1. The third-order valence-corrected chi connectivity index (χ3v) is 4.06. The average Bonchev–Trinajstić information content (AvgIpc) is 3.09. The lowest BCUT2D eigenvalue weighted by molar-refractivity contribution is 0.0680. The van der Waals surface area contributed by atoms with Gasteiger partial charge in [0.25, 0.3) is 5.91 Å². The molecule has 1 heterocycles. The first-order valence-corrected chi connectivity index (χ1v) is 8.14. The van der Waals surface area contributed by atoms with Crippen molar-refractivity contribution in [3.05, 3.63) is 53.6 Å². The number of hydrogen-bond acceptors (Lipinski definition) is 4. The molecule has 3 rings (SSSR count). The van der Waals surface area contributed by atoms with Gasteiger partial charge in [-0.3, -0.25) is 4.79 Å². The van der Waals surface area contributed by atoms with Gasteiger partial charge in [-0.1, -0.05) is 12.1 Å². The van der Waals surface area contributed by atoms with Crippen molar-refractivity contribution < 1.29 is 14.3 Å². The third kappa shape index (κ3) is 4.06. The number of benzene rings is 2. The largest absolute Gasteiger partial charge is 0.491 e. The van der Waals surface area contributed by atoms with Gasteiger partial charge in [-0.15, -0.1) is 0 Å². The Hall–Kier alpha value is -2.53. The molecule has 1 atom stereocenters. The van der Waals surface area contributed by atoms with Gasteiger partial charge in [0.05, 0.1) is 6.10 Å². The fraction of sp³-hybridized carbons (Fsp3) is 0.316. The number of nitrogen functional groups attached to an aromatic ring is 1. The van der Waals surface area contributed by atoms with Crippen LogP contribution in [0.4, 0.5) is 11.4 Å². The van der Waals surface area contributed by atoms with E-state index in [0.29, 0.717) is 29.3 Å². The highest BCUT2D eigenvalue weighted by molar-refractivity contribution is 6.05. The summed E-state index contributed by atoms with van der Waals surface area (Å²) < 4.78 is 11.3. The van der Waals surface area contributed by atoms with Crippen molar-refractivity contribution in [2.75, 3.05) is 24.3 Å². The van der Waals surface area contributed by atoms with E-state index in [2.05, 4.69) is 5.32 Å². The molecule has 5 heteroatoms. The molecule has 2 aromatic carbocycles. The molecule has 1 fully saturated rings. The van der Waals surface area contributed by atoms with Crippen LogP contribution in [0.3, 0.4) is 0 Å². The Morgan fingerprint density at radius 3 is 3.00 bits per heavy atom.